The SMILES string of the molecule is CSc1nc(N[C@@H]2O[C@@H](CO)[C@@H](O)[C@@H](O)[C@H]2O)c(N)c(=O)n1C. The van der Waals surface area contributed by atoms with E-state index in [1.54, 1.807) is 6.26 Å². The minimum Gasteiger partial charge on any atom is -0.394 e. The summed E-state index contributed by atoms with van der Waals surface area (Å²) in [6.45, 7) is -0.557. The Balaban J connectivity index is 2.31. The Bertz CT molecular complexity index is 624. The van der Waals surface area contributed by atoms with Gasteiger partial charge >= 0.3 is 0 Å². The highest BCUT2D eigenvalue weighted by molar-refractivity contribution is 7.98. The lowest BCUT2D eigenvalue weighted by molar-refractivity contribution is -0.221. The van der Waals surface area contributed by atoms with Gasteiger partial charge in [-0.2, -0.15) is 0 Å². The van der Waals surface area contributed by atoms with E-state index in [4.69, 9.17) is 15.6 Å². The zero-order valence-corrected chi connectivity index (χ0v) is 13.4. The first-order chi connectivity index (χ1) is 10.8. The Labute approximate surface area is 135 Å². The summed E-state index contributed by atoms with van der Waals surface area (Å²) < 4.78 is 6.58. The van der Waals surface area contributed by atoms with E-state index < -0.39 is 42.8 Å². The van der Waals surface area contributed by atoms with Crippen LogP contribution >= 0.6 is 11.8 Å². The summed E-state index contributed by atoms with van der Waals surface area (Å²) >= 11 is 1.22. The van der Waals surface area contributed by atoms with Gasteiger partial charge in [-0.05, 0) is 6.26 Å². The fraction of sp³-hybridized carbons (Fsp3) is 0.667. The molecule has 1 aliphatic heterocycles. The van der Waals surface area contributed by atoms with Crippen molar-refractivity contribution < 1.29 is 25.2 Å². The van der Waals surface area contributed by atoms with E-state index in [1.165, 1.54) is 23.4 Å². The maximum absolute atomic E-state index is 12.0. The van der Waals surface area contributed by atoms with Crippen LogP contribution in [0.3, 0.4) is 0 Å². The van der Waals surface area contributed by atoms with E-state index in [0.29, 0.717) is 5.16 Å². The van der Waals surface area contributed by atoms with E-state index in [9.17, 15) is 20.1 Å². The van der Waals surface area contributed by atoms with Crippen LogP contribution in [0.15, 0.2) is 9.95 Å². The second-order valence-electron chi connectivity index (χ2n) is 5.12. The van der Waals surface area contributed by atoms with Crippen molar-refractivity contribution in [3.05, 3.63) is 10.4 Å². The molecule has 0 radical (unpaired) electrons. The summed E-state index contributed by atoms with van der Waals surface area (Å²) in [6, 6.07) is 0. The maximum Gasteiger partial charge on any atom is 0.279 e. The molecule has 0 aromatic carbocycles. The predicted molar refractivity (Wildman–Crippen MR) is 83.1 cm³/mol. The van der Waals surface area contributed by atoms with Crippen LogP contribution in [0.1, 0.15) is 0 Å². The van der Waals surface area contributed by atoms with Crippen LogP contribution in [0, 0.1) is 0 Å². The molecule has 1 aromatic rings. The van der Waals surface area contributed by atoms with Gasteiger partial charge in [0.2, 0.25) is 0 Å². The molecule has 23 heavy (non-hydrogen) atoms. The molecule has 130 valence electrons. The first-order valence-electron chi connectivity index (χ1n) is 6.79. The molecule has 2 rings (SSSR count). The zero-order valence-electron chi connectivity index (χ0n) is 12.6. The normalized spacial score (nSPS) is 31.1. The zero-order chi connectivity index (χ0) is 17.3. The van der Waals surface area contributed by atoms with Gasteiger partial charge in [-0.25, -0.2) is 4.98 Å². The lowest BCUT2D eigenvalue weighted by Crippen LogP contribution is -2.60. The highest BCUT2D eigenvalue weighted by atomic mass is 32.2. The van der Waals surface area contributed by atoms with Gasteiger partial charge in [-0.15, -0.1) is 0 Å². The highest BCUT2D eigenvalue weighted by Gasteiger charge is 2.43. The summed E-state index contributed by atoms with van der Waals surface area (Å²) in [4.78, 5) is 16.2. The van der Waals surface area contributed by atoms with Gasteiger partial charge in [-0.1, -0.05) is 11.8 Å². The van der Waals surface area contributed by atoms with Gasteiger partial charge in [-0.3, -0.25) is 9.36 Å². The van der Waals surface area contributed by atoms with Gasteiger partial charge in [0.1, 0.15) is 30.1 Å². The van der Waals surface area contributed by atoms with Crippen molar-refractivity contribution in [2.75, 3.05) is 23.9 Å². The minimum atomic E-state index is -1.54. The number of hydrogen-bond donors (Lipinski definition) is 6. The summed E-state index contributed by atoms with van der Waals surface area (Å²) in [7, 11) is 1.52. The fourth-order valence-electron chi connectivity index (χ4n) is 2.25. The van der Waals surface area contributed by atoms with E-state index in [2.05, 4.69) is 10.3 Å². The Morgan fingerprint density at radius 3 is 2.57 bits per heavy atom. The van der Waals surface area contributed by atoms with Gasteiger partial charge in [0, 0.05) is 7.05 Å². The number of rotatable bonds is 4. The topological polar surface area (TPSA) is 163 Å². The van der Waals surface area contributed by atoms with Crippen molar-refractivity contribution in [2.45, 2.75) is 35.8 Å². The maximum atomic E-state index is 12.0. The first-order valence-corrected chi connectivity index (χ1v) is 8.01. The quantitative estimate of drug-likeness (QED) is 0.249. The second kappa shape index (κ2) is 7.03. The number of ether oxygens (including phenoxy) is 1. The third-order valence-electron chi connectivity index (χ3n) is 3.64. The third-order valence-corrected chi connectivity index (χ3v) is 4.37. The molecule has 2 heterocycles. The molecule has 11 heteroatoms. The molecule has 0 amide bonds. The van der Waals surface area contributed by atoms with E-state index >= 15 is 0 Å². The van der Waals surface area contributed by atoms with Crippen LogP contribution < -0.4 is 16.6 Å². The molecular weight excluding hydrogens is 328 g/mol. The molecule has 0 spiro atoms. The number of nitrogens with zero attached hydrogens (tertiary/aromatic N) is 2. The van der Waals surface area contributed by atoms with Crippen LogP contribution in [-0.2, 0) is 11.8 Å². The molecule has 0 bridgehead atoms. The number of nitrogen functional groups attached to an aromatic ring is 1. The number of aliphatic hydroxyl groups excluding tert-OH is 4. The number of thioether (sulfide) groups is 1. The standard InChI is InChI=1S/C12H20N4O6S/c1-16-11(21)5(13)9(15-12(16)23-2)14-10-8(20)7(19)6(18)4(3-17)22-10/h4,6-8,10,14,17-20H,3,13H2,1-2H3/t4-,6+,7+,8+,10+/m0/s1. The van der Waals surface area contributed by atoms with Crippen molar-refractivity contribution in [1.29, 1.82) is 0 Å². The number of aliphatic hydroxyl groups is 4. The fourth-order valence-corrected chi connectivity index (χ4v) is 2.79. The van der Waals surface area contributed by atoms with E-state index in [0.717, 1.165) is 0 Å². The highest BCUT2D eigenvalue weighted by Crippen LogP contribution is 2.24. The predicted octanol–water partition coefficient (Wildman–Crippen LogP) is -2.70. The molecular formula is C12H20N4O6S. The van der Waals surface area contributed by atoms with Crippen molar-refractivity contribution in [3.63, 3.8) is 0 Å². The number of nitrogens with two attached hydrogens (primary N) is 1. The average Bonchev–Trinajstić information content (AvgIpc) is 2.55. The number of aromatic nitrogens is 2. The van der Waals surface area contributed by atoms with Crippen LogP contribution in [-0.4, -0.2) is 73.5 Å². The Hall–Kier alpha value is -1.37. The summed E-state index contributed by atoms with van der Waals surface area (Å²) in [6.07, 6.45) is -5.05. The Kier molecular flexibility index (Phi) is 5.49. The lowest BCUT2D eigenvalue weighted by Gasteiger charge is -2.40. The van der Waals surface area contributed by atoms with Gasteiger partial charge in [0.25, 0.3) is 5.56 Å². The third kappa shape index (κ3) is 3.29. The molecule has 1 fully saturated rings. The number of anilines is 2. The molecule has 1 aliphatic rings. The molecule has 0 saturated carbocycles. The lowest BCUT2D eigenvalue weighted by atomic mass is 9.98. The average molecular weight is 348 g/mol. The van der Waals surface area contributed by atoms with Crippen LogP contribution in [0.4, 0.5) is 11.5 Å². The van der Waals surface area contributed by atoms with Crippen molar-refractivity contribution in [2.24, 2.45) is 7.05 Å². The van der Waals surface area contributed by atoms with Crippen LogP contribution in [0.25, 0.3) is 0 Å². The summed E-state index contributed by atoms with van der Waals surface area (Å²) in [5, 5.41) is 41.7. The van der Waals surface area contributed by atoms with Gasteiger partial charge in [0.15, 0.2) is 17.2 Å². The molecule has 0 aliphatic carbocycles. The van der Waals surface area contributed by atoms with Crippen molar-refractivity contribution in [3.8, 4) is 0 Å². The monoisotopic (exact) mass is 348 g/mol. The minimum absolute atomic E-state index is 0.0122. The van der Waals surface area contributed by atoms with Gasteiger partial charge < -0.3 is 36.2 Å². The molecule has 1 aromatic heterocycles. The summed E-state index contributed by atoms with van der Waals surface area (Å²) in [5.41, 5.74) is 5.08. The molecule has 1 saturated heterocycles. The second-order valence-corrected chi connectivity index (χ2v) is 5.89. The summed E-state index contributed by atoms with van der Waals surface area (Å²) in [5.74, 6) is -0.0122. The van der Waals surface area contributed by atoms with Crippen LogP contribution in [0.2, 0.25) is 0 Å². The van der Waals surface area contributed by atoms with Gasteiger partial charge in [0.05, 0.1) is 6.61 Å². The van der Waals surface area contributed by atoms with E-state index in [1.807, 2.05) is 0 Å². The Morgan fingerprint density at radius 2 is 2.00 bits per heavy atom. The first kappa shape index (κ1) is 18.0. The molecule has 0 unspecified atom stereocenters. The van der Waals surface area contributed by atoms with Crippen molar-refractivity contribution in [1.82, 2.24) is 9.55 Å². The smallest absolute Gasteiger partial charge is 0.279 e. The molecule has 7 N–H and O–H groups in total. The number of hydrogen-bond acceptors (Lipinski definition) is 10. The molecule has 10 nitrogen and oxygen atoms in total. The molecule has 5 atom stereocenters. The van der Waals surface area contributed by atoms with E-state index in [-0.39, 0.29) is 11.5 Å². The number of nitrogens with one attached hydrogen (secondary N) is 1. The Morgan fingerprint density at radius 1 is 1.35 bits per heavy atom. The van der Waals surface area contributed by atoms with Crippen LogP contribution in [0.5, 0.6) is 0 Å². The largest absolute Gasteiger partial charge is 0.394 e. The van der Waals surface area contributed by atoms with Crippen molar-refractivity contribution >= 4 is 23.3 Å².